The van der Waals surface area contributed by atoms with Crippen LogP contribution in [0.3, 0.4) is 0 Å². The Hall–Kier alpha value is -5.40. The number of anilines is 2. The number of hydrogen-bond acceptors (Lipinski definition) is 10. The highest BCUT2D eigenvalue weighted by Crippen LogP contribution is 2.43. The van der Waals surface area contributed by atoms with Gasteiger partial charge in [-0.05, 0) is 75.1 Å². The molecule has 4 aromatic rings. The molecule has 0 saturated carbocycles. The van der Waals surface area contributed by atoms with Crippen molar-refractivity contribution < 1.29 is 19.4 Å². The lowest BCUT2D eigenvalue weighted by Gasteiger charge is -2.29. The fraction of sp³-hybridized carbons (Fsp3) is 0.385. The van der Waals surface area contributed by atoms with Crippen LogP contribution in [-0.4, -0.2) is 104 Å². The second kappa shape index (κ2) is 14.7. The number of benzene rings is 2. The number of ether oxygens (including phenoxy) is 1. The number of amides is 2. The lowest BCUT2D eigenvalue weighted by Crippen LogP contribution is -2.43. The number of aliphatic hydroxyl groups is 1. The monoisotopic (exact) mass is 703 g/mol. The lowest BCUT2D eigenvalue weighted by atomic mass is 9.85. The molecule has 2 saturated heterocycles. The molecular weight excluding hydrogens is 658 g/mol. The first-order valence-corrected chi connectivity index (χ1v) is 17.9. The Bertz CT molecular complexity index is 1990. The van der Waals surface area contributed by atoms with E-state index in [4.69, 9.17) is 21.0 Å². The standard InChI is InChI=1S/C39H45N9O4/c1-26(2)52-34-10-7-30(22-42-34)36(41)32-21-31(8-9-33(32)40)48-18-14-39(38(48)51)13-17-45(24-39)23-35(50)46-15-11-28(12-16-46)27-3-5-29(6-4-27)37-43-25-47(44-37)19-20-49/h3-11,21-22,25-26,41,49H,12-20,23-24,40H2,1-2H3/t39-/m0/s1. The lowest BCUT2D eigenvalue weighted by molar-refractivity contribution is -0.132. The van der Waals surface area contributed by atoms with Gasteiger partial charge in [0.1, 0.15) is 6.33 Å². The third kappa shape index (κ3) is 7.19. The van der Waals surface area contributed by atoms with Gasteiger partial charge in [-0.1, -0.05) is 30.3 Å². The first-order chi connectivity index (χ1) is 25.1. The number of rotatable bonds is 11. The summed E-state index contributed by atoms with van der Waals surface area (Å²) < 4.78 is 7.26. The van der Waals surface area contributed by atoms with Crippen molar-refractivity contribution in [1.82, 2.24) is 29.5 Å². The number of nitrogens with one attached hydrogen (secondary N) is 1. The van der Waals surface area contributed by atoms with E-state index in [0.717, 1.165) is 17.5 Å². The molecule has 4 N–H and O–H groups in total. The number of hydrogen-bond donors (Lipinski definition) is 3. The van der Waals surface area contributed by atoms with E-state index in [1.165, 1.54) is 5.57 Å². The van der Waals surface area contributed by atoms with Crippen molar-refractivity contribution in [1.29, 1.82) is 5.41 Å². The minimum Gasteiger partial charge on any atom is -0.475 e. The molecule has 1 atom stereocenters. The Morgan fingerprint density at radius 1 is 1.04 bits per heavy atom. The van der Waals surface area contributed by atoms with Crippen LogP contribution in [-0.2, 0) is 16.1 Å². The van der Waals surface area contributed by atoms with Gasteiger partial charge < -0.3 is 25.4 Å². The summed E-state index contributed by atoms with van der Waals surface area (Å²) in [5.41, 5.74) is 11.6. The van der Waals surface area contributed by atoms with Gasteiger partial charge in [-0.2, -0.15) is 5.10 Å². The molecule has 2 aromatic carbocycles. The molecule has 52 heavy (non-hydrogen) atoms. The Morgan fingerprint density at radius 3 is 2.54 bits per heavy atom. The normalized spacial score (nSPS) is 19.2. The summed E-state index contributed by atoms with van der Waals surface area (Å²) in [7, 11) is 0. The van der Waals surface area contributed by atoms with Gasteiger partial charge in [0, 0.05) is 66.5 Å². The zero-order valence-corrected chi connectivity index (χ0v) is 29.7. The number of likely N-dealkylation sites (tertiary alicyclic amines) is 1. The van der Waals surface area contributed by atoms with Gasteiger partial charge in [0.25, 0.3) is 0 Å². The highest BCUT2D eigenvalue weighted by molar-refractivity contribution is 6.14. The zero-order valence-electron chi connectivity index (χ0n) is 29.7. The van der Waals surface area contributed by atoms with Crippen LogP contribution in [0.25, 0.3) is 17.0 Å². The fourth-order valence-electron chi connectivity index (χ4n) is 7.38. The number of pyridine rings is 1. The predicted molar refractivity (Wildman–Crippen MR) is 199 cm³/mol. The first kappa shape index (κ1) is 35.0. The van der Waals surface area contributed by atoms with Crippen LogP contribution < -0.4 is 15.4 Å². The van der Waals surface area contributed by atoms with E-state index in [1.54, 1.807) is 35.4 Å². The molecule has 270 valence electrons. The second-order valence-electron chi connectivity index (χ2n) is 14.1. The highest BCUT2D eigenvalue weighted by atomic mass is 16.5. The third-order valence-corrected chi connectivity index (χ3v) is 10.2. The predicted octanol–water partition coefficient (Wildman–Crippen LogP) is 3.86. The number of nitrogen functional groups attached to an aromatic ring is 1. The van der Waals surface area contributed by atoms with Crippen molar-refractivity contribution >= 4 is 34.5 Å². The molecule has 0 radical (unpaired) electrons. The van der Waals surface area contributed by atoms with Crippen LogP contribution in [0.15, 0.2) is 73.2 Å². The van der Waals surface area contributed by atoms with Crippen LogP contribution in [0.4, 0.5) is 11.4 Å². The van der Waals surface area contributed by atoms with Gasteiger partial charge in [-0.15, -0.1) is 0 Å². The van der Waals surface area contributed by atoms with E-state index < -0.39 is 5.41 Å². The molecule has 0 bridgehead atoms. The van der Waals surface area contributed by atoms with Crippen LogP contribution in [0.2, 0.25) is 0 Å². The molecule has 13 heteroatoms. The summed E-state index contributed by atoms with van der Waals surface area (Å²) in [4.78, 5) is 41.9. The van der Waals surface area contributed by atoms with E-state index >= 15 is 0 Å². The van der Waals surface area contributed by atoms with Gasteiger partial charge in [-0.25, -0.2) is 9.97 Å². The summed E-state index contributed by atoms with van der Waals surface area (Å²) in [6, 6.07) is 17.1. The van der Waals surface area contributed by atoms with Crippen LogP contribution in [0.1, 0.15) is 49.8 Å². The van der Waals surface area contributed by atoms with E-state index in [2.05, 4.69) is 38.2 Å². The average molecular weight is 704 g/mol. The SMILES string of the molecule is CC(C)Oc1ccc(C(=N)c2cc(N3CC[C@]4(CCN(CC(=O)N5CC=C(c6ccc(-c7ncn(CCO)n7)cc6)CC5)C4)C3=O)ccc2N)cn1. The summed E-state index contributed by atoms with van der Waals surface area (Å²) in [6.07, 6.45) is 7.53. The van der Waals surface area contributed by atoms with Crippen molar-refractivity contribution in [3.63, 3.8) is 0 Å². The van der Waals surface area contributed by atoms with Gasteiger partial charge in [0.05, 0.1) is 36.9 Å². The molecule has 0 unspecified atom stereocenters. The molecule has 3 aliphatic heterocycles. The van der Waals surface area contributed by atoms with E-state index in [-0.39, 0.29) is 30.2 Å². The average Bonchev–Trinajstić information content (AvgIpc) is 3.88. The molecule has 2 fully saturated rings. The number of carbonyl (C=O) groups excluding carboxylic acids is 2. The van der Waals surface area contributed by atoms with Crippen LogP contribution in [0.5, 0.6) is 5.88 Å². The van der Waals surface area contributed by atoms with Crippen LogP contribution >= 0.6 is 0 Å². The van der Waals surface area contributed by atoms with Crippen molar-refractivity contribution in [2.45, 2.75) is 45.8 Å². The minimum atomic E-state index is -0.529. The first-order valence-electron chi connectivity index (χ1n) is 17.9. The molecule has 3 aliphatic rings. The summed E-state index contributed by atoms with van der Waals surface area (Å²) in [6.45, 7) is 7.59. The van der Waals surface area contributed by atoms with Crippen molar-refractivity contribution in [3.05, 3.63) is 89.9 Å². The topological polar surface area (TPSA) is 167 Å². The van der Waals surface area contributed by atoms with Crippen molar-refractivity contribution in [2.24, 2.45) is 5.41 Å². The molecule has 2 aromatic heterocycles. The summed E-state index contributed by atoms with van der Waals surface area (Å²) in [5, 5.41) is 22.4. The molecule has 2 amide bonds. The molecule has 1 spiro atoms. The Balaban J connectivity index is 0.939. The highest BCUT2D eigenvalue weighted by Gasteiger charge is 2.51. The largest absolute Gasteiger partial charge is 0.475 e. The molecular formula is C39H45N9O4. The second-order valence-corrected chi connectivity index (χ2v) is 14.1. The molecule has 0 aliphatic carbocycles. The third-order valence-electron chi connectivity index (χ3n) is 10.2. The Labute approximate surface area is 303 Å². The maximum Gasteiger partial charge on any atom is 0.237 e. The van der Waals surface area contributed by atoms with Gasteiger partial charge in [-0.3, -0.25) is 24.6 Å². The van der Waals surface area contributed by atoms with Gasteiger partial charge in [0.2, 0.25) is 17.7 Å². The fourth-order valence-corrected chi connectivity index (χ4v) is 7.38. The maximum absolute atomic E-state index is 14.0. The van der Waals surface area contributed by atoms with Crippen molar-refractivity contribution in [2.75, 3.05) is 56.5 Å². The van der Waals surface area contributed by atoms with Gasteiger partial charge in [0.15, 0.2) is 5.82 Å². The Kier molecular flexibility index (Phi) is 9.89. The zero-order chi connectivity index (χ0) is 36.4. The minimum absolute atomic E-state index is 0.00254. The van der Waals surface area contributed by atoms with E-state index in [9.17, 15) is 9.59 Å². The van der Waals surface area contributed by atoms with Gasteiger partial charge >= 0.3 is 0 Å². The smallest absolute Gasteiger partial charge is 0.237 e. The summed E-state index contributed by atoms with van der Waals surface area (Å²) >= 11 is 0. The van der Waals surface area contributed by atoms with E-state index in [1.807, 2.05) is 47.9 Å². The number of aliphatic hydroxyl groups excluding tert-OH is 1. The molecule has 13 nitrogen and oxygen atoms in total. The molecule has 7 rings (SSSR count). The number of aromatic nitrogens is 4. The quantitative estimate of drug-likeness (QED) is 0.155. The number of nitrogens with zero attached hydrogens (tertiary/aromatic N) is 7. The number of carbonyl (C=O) groups is 2. The van der Waals surface area contributed by atoms with Crippen LogP contribution in [0, 0.1) is 10.8 Å². The van der Waals surface area contributed by atoms with E-state index in [0.29, 0.717) is 92.9 Å². The Morgan fingerprint density at radius 2 is 1.83 bits per heavy atom. The molecule has 5 heterocycles. The maximum atomic E-state index is 14.0. The number of nitrogens with two attached hydrogens (primary N) is 1. The summed E-state index contributed by atoms with van der Waals surface area (Å²) in [5.74, 6) is 1.25. The van der Waals surface area contributed by atoms with Crippen molar-refractivity contribution in [3.8, 4) is 17.3 Å².